The maximum absolute atomic E-state index is 13.1. The summed E-state index contributed by atoms with van der Waals surface area (Å²) in [5.41, 5.74) is 3.49. The van der Waals surface area contributed by atoms with Crippen molar-refractivity contribution in [1.82, 2.24) is 4.72 Å². The highest BCUT2D eigenvalue weighted by Crippen LogP contribution is 2.60. The number of amides is 1. The summed E-state index contributed by atoms with van der Waals surface area (Å²) in [7, 11) is -4.34. The molecule has 7 rings (SSSR count). The van der Waals surface area contributed by atoms with Crippen LogP contribution >= 0.6 is 0 Å². The highest BCUT2D eigenvalue weighted by Gasteiger charge is 2.50. The lowest BCUT2D eigenvalue weighted by Gasteiger charge is -2.57. The normalized spacial score (nSPS) is 24.4. The van der Waals surface area contributed by atoms with E-state index in [4.69, 9.17) is 0 Å². The van der Waals surface area contributed by atoms with Crippen LogP contribution < -0.4 is 10.0 Å². The maximum Gasteiger partial charge on any atom is 0.293 e. The summed E-state index contributed by atoms with van der Waals surface area (Å²) >= 11 is 0. The van der Waals surface area contributed by atoms with Crippen LogP contribution in [0.3, 0.4) is 0 Å². The second-order valence-electron chi connectivity index (χ2n) is 12.7. The third-order valence-corrected chi connectivity index (χ3v) is 10.8. The number of carbonyl (C=O) groups excluding carboxylic acids is 1. The minimum Gasteiger partial charge on any atom is -0.379 e. The summed E-state index contributed by atoms with van der Waals surface area (Å²) in [6, 6.07) is 18.7. The molecule has 4 aliphatic rings. The van der Waals surface area contributed by atoms with E-state index in [0.717, 1.165) is 67.1 Å². The number of nitrogens with zero attached hydrogens (tertiary/aromatic N) is 1. The highest BCUT2D eigenvalue weighted by atomic mass is 32.2. The smallest absolute Gasteiger partial charge is 0.293 e. The van der Waals surface area contributed by atoms with E-state index in [1.54, 1.807) is 24.3 Å². The number of hydrogen-bond acceptors (Lipinski definition) is 6. The molecule has 0 heterocycles. The van der Waals surface area contributed by atoms with Crippen molar-refractivity contribution in [3.05, 3.63) is 88.0 Å². The van der Waals surface area contributed by atoms with E-state index in [1.165, 1.54) is 37.0 Å². The molecular formula is C33H37N3O5S. The molecule has 220 valence electrons. The largest absolute Gasteiger partial charge is 0.379 e. The van der Waals surface area contributed by atoms with Gasteiger partial charge < -0.3 is 5.32 Å². The fourth-order valence-electron chi connectivity index (χ4n) is 7.97. The summed E-state index contributed by atoms with van der Waals surface area (Å²) < 4.78 is 28.2. The van der Waals surface area contributed by atoms with E-state index < -0.39 is 20.9 Å². The summed E-state index contributed by atoms with van der Waals surface area (Å²) in [6.07, 6.45) is 9.50. The van der Waals surface area contributed by atoms with Crippen LogP contribution in [0.1, 0.15) is 67.8 Å². The van der Waals surface area contributed by atoms with Gasteiger partial charge in [-0.3, -0.25) is 14.9 Å². The van der Waals surface area contributed by atoms with Gasteiger partial charge in [0.2, 0.25) is 0 Å². The summed E-state index contributed by atoms with van der Waals surface area (Å²) in [4.78, 5) is 23.9. The zero-order valence-electron chi connectivity index (χ0n) is 23.8. The quantitative estimate of drug-likeness (QED) is 0.196. The van der Waals surface area contributed by atoms with E-state index in [9.17, 15) is 23.3 Å². The molecule has 42 heavy (non-hydrogen) atoms. The average Bonchev–Trinajstić information content (AvgIpc) is 2.96. The zero-order valence-corrected chi connectivity index (χ0v) is 24.7. The van der Waals surface area contributed by atoms with Crippen molar-refractivity contribution in [1.29, 1.82) is 0 Å². The predicted octanol–water partition coefficient (Wildman–Crippen LogP) is 6.96. The summed E-state index contributed by atoms with van der Waals surface area (Å²) in [5, 5.41) is 15.3. The first-order valence-electron chi connectivity index (χ1n) is 14.9. The first kappa shape index (κ1) is 28.4. The molecule has 1 amide bonds. The highest BCUT2D eigenvalue weighted by molar-refractivity contribution is 7.90. The molecule has 0 radical (unpaired) electrons. The van der Waals surface area contributed by atoms with Gasteiger partial charge in [-0.15, -0.1) is 0 Å². The van der Waals surface area contributed by atoms with Crippen LogP contribution in [-0.4, -0.2) is 25.8 Å². The number of nitro groups is 1. The molecule has 3 aromatic carbocycles. The monoisotopic (exact) mass is 587 g/mol. The molecule has 0 unspecified atom stereocenters. The van der Waals surface area contributed by atoms with Gasteiger partial charge in [0.15, 0.2) is 0 Å². The number of nitrogens with one attached hydrogen (secondary N) is 2. The molecule has 0 aliphatic heterocycles. The first-order valence-corrected chi connectivity index (χ1v) is 16.4. The lowest BCUT2D eigenvalue weighted by Crippen LogP contribution is -2.49. The number of hydrogen-bond donors (Lipinski definition) is 2. The molecule has 0 atom stereocenters. The van der Waals surface area contributed by atoms with E-state index in [1.807, 2.05) is 12.1 Å². The Morgan fingerprint density at radius 2 is 1.48 bits per heavy atom. The lowest BCUT2D eigenvalue weighted by molar-refractivity contribution is -0.384. The van der Waals surface area contributed by atoms with E-state index in [0.29, 0.717) is 12.2 Å². The molecule has 4 saturated carbocycles. The van der Waals surface area contributed by atoms with E-state index in [-0.39, 0.29) is 21.6 Å². The van der Waals surface area contributed by atoms with Crippen molar-refractivity contribution >= 4 is 27.3 Å². The second kappa shape index (κ2) is 11.2. The molecule has 0 saturated heterocycles. The number of benzene rings is 3. The van der Waals surface area contributed by atoms with Gasteiger partial charge >= 0.3 is 0 Å². The van der Waals surface area contributed by atoms with Gasteiger partial charge in [0.1, 0.15) is 5.69 Å². The van der Waals surface area contributed by atoms with E-state index >= 15 is 0 Å². The van der Waals surface area contributed by atoms with Crippen LogP contribution in [0.25, 0.3) is 11.1 Å². The molecule has 3 aromatic rings. The van der Waals surface area contributed by atoms with Gasteiger partial charge in [0.05, 0.1) is 9.82 Å². The van der Waals surface area contributed by atoms with Gasteiger partial charge in [-0.25, -0.2) is 13.1 Å². The predicted molar refractivity (Wildman–Crippen MR) is 163 cm³/mol. The van der Waals surface area contributed by atoms with Crippen LogP contribution in [0.5, 0.6) is 0 Å². The first-order chi connectivity index (χ1) is 20.1. The van der Waals surface area contributed by atoms with Gasteiger partial charge in [-0.2, -0.15) is 0 Å². The van der Waals surface area contributed by atoms with Crippen LogP contribution in [0.15, 0.2) is 71.6 Å². The lowest BCUT2D eigenvalue weighted by atomic mass is 9.49. The average molecular weight is 588 g/mol. The van der Waals surface area contributed by atoms with Crippen LogP contribution in [0, 0.1) is 33.3 Å². The standard InChI is InChI=1S/C33H37N3O5S/c1-2-3-22-4-6-26(7-5-22)27-8-10-28(11-9-27)32(37)35-42(40,41)29-12-13-30(31(17-29)36(38)39)34-21-33-18-23-14-24(19-33)16-25(15-23)20-33/h4-13,17,23-25,34H,2-3,14-16,18-21H2,1H3,(H,35,37). The molecule has 8 nitrogen and oxygen atoms in total. The van der Waals surface area contributed by atoms with Gasteiger partial charge in [-0.05, 0) is 109 Å². The Bertz CT molecular complexity index is 1560. The molecular weight excluding hydrogens is 550 g/mol. The van der Waals surface area contributed by atoms with Gasteiger partial charge in [0.25, 0.3) is 21.6 Å². The molecule has 4 bridgehead atoms. The minimum atomic E-state index is -4.34. The molecule has 0 spiro atoms. The van der Waals surface area contributed by atoms with Crippen molar-refractivity contribution in [2.24, 2.45) is 23.2 Å². The molecule has 9 heteroatoms. The molecule has 0 aromatic heterocycles. The van der Waals surface area contributed by atoms with Crippen LogP contribution in [0.2, 0.25) is 0 Å². The minimum absolute atomic E-state index is 0.162. The Hall–Kier alpha value is -3.72. The topological polar surface area (TPSA) is 118 Å². The number of sulfonamides is 1. The molecule has 4 fully saturated rings. The Morgan fingerprint density at radius 1 is 0.905 bits per heavy atom. The van der Waals surface area contributed by atoms with Crippen molar-refractivity contribution in [2.75, 3.05) is 11.9 Å². The summed E-state index contributed by atoms with van der Waals surface area (Å²) in [5.74, 6) is 1.49. The van der Waals surface area contributed by atoms with Gasteiger partial charge in [-0.1, -0.05) is 49.7 Å². The fraction of sp³-hybridized carbons (Fsp3) is 0.424. The molecule has 4 aliphatic carbocycles. The van der Waals surface area contributed by atoms with E-state index in [2.05, 4.69) is 29.1 Å². The van der Waals surface area contributed by atoms with Crippen molar-refractivity contribution < 1.29 is 18.1 Å². The third-order valence-electron chi connectivity index (χ3n) is 9.50. The van der Waals surface area contributed by atoms with Gasteiger partial charge in [0, 0.05) is 18.2 Å². The van der Waals surface area contributed by atoms with Crippen molar-refractivity contribution in [2.45, 2.75) is 63.2 Å². The number of rotatable bonds is 10. The Labute approximate surface area is 247 Å². The number of anilines is 1. The van der Waals surface area contributed by atoms with Crippen molar-refractivity contribution in [3.8, 4) is 11.1 Å². The van der Waals surface area contributed by atoms with Crippen molar-refractivity contribution in [3.63, 3.8) is 0 Å². The Balaban J connectivity index is 1.14. The second-order valence-corrected chi connectivity index (χ2v) is 14.3. The number of nitro benzene ring substituents is 1. The zero-order chi connectivity index (χ0) is 29.5. The number of aryl methyl sites for hydroxylation is 1. The van der Waals surface area contributed by atoms with Crippen LogP contribution in [0.4, 0.5) is 11.4 Å². The number of carbonyl (C=O) groups is 1. The molecule has 2 N–H and O–H groups in total. The third kappa shape index (κ3) is 5.79. The van der Waals surface area contributed by atoms with Crippen LogP contribution in [-0.2, 0) is 16.4 Å². The Kier molecular flexibility index (Phi) is 7.55. The summed E-state index contributed by atoms with van der Waals surface area (Å²) in [6.45, 7) is 2.79. The Morgan fingerprint density at radius 3 is 2.02 bits per heavy atom. The SMILES string of the molecule is CCCc1ccc(-c2ccc(C(=O)NS(=O)(=O)c3ccc(NCC45CC6CC(CC(C6)C4)C5)c([N+](=O)[O-])c3)cc2)cc1. The maximum atomic E-state index is 13.1. The fourth-order valence-corrected chi connectivity index (χ4v) is 8.97.